The summed E-state index contributed by atoms with van der Waals surface area (Å²) in [6.45, 7) is 7.82. The molecule has 0 aliphatic carbocycles. The molecule has 2 heterocycles. The summed E-state index contributed by atoms with van der Waals surface area (Å²) in [6.07, 6.45) is 2.06. The highest BCUT2D eigenvalue weighted by Crippen LogP contribution is 2.26. The first-order chi connectivity index (χ1) is 12.5. The van der Waals surface area contributed by atoms with Gasteiger partial charge in [0.2, 0.25) is 0 Å². The Hall–Kier alpha value is -1.85. The van der Waals surface area contributed by atoms with Crippen LogP contribution in [0.2, 0.25) is 0 Å². The monoisotopic (exact) mass is 374 g/mol. The fourth-order valence-electron chi connectivity index (χ4n) is 2.91. The van der Waals surface area contributed by atoms with Gasteiger partial charge in [0.15, 0.2) is 6.61 Å². The molecule has 4 nitrogen and oxygen atoms in total. The summed E-state index contributed by atoms with van der Waals surface area (Å²) >= 11 is 1.82. The zero-order valence-corrected chi connectivity index (χ0v) is 16.5. The predicted octanol–water partition coefficient (Wildman–Crippen LogP) is 4.11. The van der Waals surface area contributed by atoms with E-state index >= 15 is 0 Å². The van der Waals surface area contributed by atoms with Crippen molar-refractivity contribution in [3.63, 3.8) is 0 Å². The van der Waals surface area contributed by atoms with E-state index in [2.05, 4.69) is 30.5 Å². The highest BCUT2D eigenvalue weighted by atomic mass is 32.1. The van der Waals surface area contributed by atoms with Gasteiger partial charge in [-0.3, -0.25) is 0 Å². The maximum absolute atomic E-state index is 11.9. The lowest BCUT2D eigenvalue weighted by Gasteiger charge is -2.37. The Balaban J connectivity index is 1.46. The van der Waals surface area contributed by atoms with Crippen LogP contribution >= 0.6 is 11.3 Å². The normalized spacial score (nSPS) is 15.3. The van der Waals surface area contributed by atoms with Crippen LogP contribution in [-0.2, 0) is 27.1 Å². The molecule has 0 spiro atoms. The summed E-state index contributed by atoms with van der Waals surface area (Å²) in [5, 5.41) is 2.14. The van der Waals surface area contributed by atoms with E-state index in [0.29, 0.717) is 19.8 Å². The van der Waals surface area contributed by atoms with Gasteiger partial charge in [0.1, 0.15) is 12.4 Å². The molecule has 0 amide bonds. The van der Waals surface area contributed by atoms with Gasteiger partial charge in [0.05, 0.1) is 13.2 Å². The summed E-state index contributed by atoms with van der Waals surface area (Å²) in [7, 11) is 0. The quantitative estimate of drug-likeness (QED) is 0.653. The summed E-state index contributed by atoms with van der Waals surface area (Å²) in [5.74, 6) is 0.394. The topological polar surface area (TPSA) is 44.8 Å². The third kappa shape index (κ3) is 4.86. The molecular formula is C21H26O4S. The van der Waals surface area contributed by atoms with Gasteiger partial charge in [-0.15, -0.1) is 11.3 Å². The number of esters is 1. The predicted molar refractivity (Wildman–Crippen MR) is 103 cm³/mol. The molecule has 3 rings (SSSR count). The van der Waals surface area contributed by atoms with Crippen LogP contribution in [0.3, 0.4) is 0 Å². The second-order valence-electron chi connectivity index (χ2n) is 7.38. The Labute approximate surface area is 159 Å². The first-order valence-electron chi connectivity index (χ1n) is 8.94. The van der Waals surface area contributed by atoms with Gasteiger partial charge in [0.25, 0.3) is 0 Å². The van der Waals surface area contributed by atoms with E-state index in [-0.39, 0.29) is 18.0 Å². The van der Waals surface area contributed by atoms with Crippen LogP contribution in [-0.4, -0.2) is 32.4 Å². The summed E-state index contributed by atoms with van der Waals surface area (Å²) in [4.78, 5) is 13.3. The molecule has 0 N–H and O–H groups in total. The molecule has 1 aromatic heterocycles. The van der Waals surface area contributed by atoms with Crippen LogP contribution in [0.15, 0.2) is 29.6 Å². The molecule has 1 aromatic carbocycles. The maximum atomic E-state index is 11.9. The fraction of sp³-hybridized carbons (Fsp3) is 0.476. The van der Waals surface area contributed by atoms with Crippen LogP contribution < -0.4 is 4.74 Å². The number of thiophene rings is 1. The van der Waals surface area contributed by atoms with Crippen LogP contribution in [0.4, 0.5) is 0 Å². The Kier molecular flexibility index (Phi) is 5.99. The fourth-order valence-corrected chi connectivity index (χ4v) is 3.82. The first kappa shape index (κ1) is 18.9. The van der Waals surface area contributed by atoms with Gasteiger partial charge in [-0.2, -0.15) is 0 Å². The number of rotatable bonds is 8. The number of benzene rings is 1. The summed E-state index contributed by atoms with van der Waals surface area (Å²) in [6, 6.07) is 8.32. The van der Waals surface area contributed by atoms with Crippen molar-refractivity contribution in [3.8, 4) is 5.75 Å². The molecular weight excluding hydrogens is 348 g/mol. The van der Waals surface area contributed by atoms with Crippen molar-refractivity contribution in [2.24, 2.45) is 5.41 Å². The zero-order chi connectivity index (χ0) is 18.6. The third-order valence-corrected chi connectivity index (χ3v) is 5.76. The standard InChI is InChI=1S/C21H26O4S/c1-15-8-9-26-19(15)7-5-17-4-6-18(16(2)10-17)24-11-20(22)25-14-21(3)12-23-13-21/h4,6,8-10H,5,7,11-14H2,1-3H3. The van der Waals surface area contributed by atoms with Crippen LogP contribution in [0.5, 0.6) is 5.75 Å². The van der Waals surface area contributed by atoms with Crippen LogP contribution in [0.1, 0.15) is 28.5 Å². The van der Waals surface area contributed by atoms with Crippen molar-refractivity contribution in [2.75, 3.05) is 26.4 Å². The lowest BCUT2D eigenvalue weighted by molar-refractivity contribution is -0.166. The van der Waals surface area contributed by atoms with Gasteiger partial charge in [0, 0.05) is 10.3 Å². The number of hydrogen-bond acceptors (Lipinski definition) is 5. The van der Waals surface area contributed by atoms with E-state index in [0.717, 1.165) is 24.2 Å². The van der Waals surface area contributed by atoms with E-state index < -0.39 is 0 Å². The average Bonchev–Trinajstić information content (AvgIpc) is 3.00. The van der Waals surface area contributed by atoms with Gasteiger partial charge in [-0.05, 0) is 60.9 Å². The number of carbonyl (C=O) groups excluding carboxylic acids is 1. The van der Waals surface area contributed by atoms with Crippen molar-refractivity contribution >= 4 is 17.3 Å². The summed E-state index contributed by atoms with van der Waals surface area (Å²) in [5.41, 5.74) is 3.65. The van der Waals surface area contributed by atoms with Gasteiger partial charge in [-0.1, -0.05) is 19.1 Å². The number of hydrogen-bond donors (Lipinski definition) is 0. The third-order valence-electron chi connectivity index (χ3n) is 4.68. The van der Waals surface area contributed by atoms with Gasteiger partial charge in [-0.25, -0.2) is 4.79 Å². The van der Waals surface area contributed by atoms with E-state index in [1.54, 1.807) is 0 Å². The minimum absolute atomic E-state index is 0.0336. The van der Waals surface area contributed by atoms with E-state index in [1.165, 1.54) is 16.0 Å². The van der Waals surface area contributed by atoms with Gasteiger partial charge >= 0.3 is 5.97 Å². The van der Waals surface area contributed by atoms with E-state index in [9.17, 15) is 4.79 Å². The molecule has 0 saturated carbocycles. The molecule has 140 valence electrons. The number of ether oxygens (including phenoxy) is 3. The Bertz CT molecular complexity index is 761. The molecule has 1 saturated heterocycles. The minimum atomic E-state index is -0.338. The lowest BCUT2D eigenvalue weighted by atomic mass is 9.90. The molecule has 5 heteroatoms. The van der Waals surface area contributed by atoms with Crippen molar-refractivity contribution < 1.29 is 19.0 Å². The molecule has 1 fully saturated rings. The Morgan fingerprint density at radius 2 is 2.00 bits per heavy atom. The number of aryl methyl sites for hydroxylation is 4. The molecule has 0 bridgehead atoms. The molecule has 26 heavy (non-hydrogen) atoms. The van der Waals surface area contributed by atoms with Crippen LogP contribution in [0, 0.1) is 19.3 Å². The maximum Gasteiger partial charge on any atom is 0.344 e. The molecule has 0 atom stereocenters. The highest BCUT2D eigenvalue weighted by Gasteiger charge is 2.34. The molecule has 1 aliphatic heterocycles. The second-order valence-corrected chi connectivity index (χ2v) is 8.38. The van der Waals surface area contributed by atoms with Gasteiger partial charge < -0.3 is 14.2 Å². The van der Waals surface area contributed by atoms with Crippen molar-refractivity contribution in [1.29, 1.82) is 0 Å². The Morgan fingerprint density at radius 3 is 2.62 bits per heavy atom. The lowest BCUT2D eigenvalue weighted by Crippen LogP contribution is -2.44. The summed E-state index contributed by atoms with van der Waals surface area (Å²) < 4.78 is 16.1. The van der Waals surface area contributed by atoms with E-state index in [4.69, 9.17) is 14.2 Å². The molecule has 2 aromatic rings. The number of carbonyl (C=O) groups is 1. The van der Waals surface area contributed by atoms with Crippen LogP contribution in [0.25, 0.3) is 0 Å². The zero-order valence-electron chi connectivity index (χ0n) is 15.7. The van der Waals surface area contributed by atoms with Crippen molar-refractivity contribution in [3.05, 3.63) is 51.2 Å². The average molecular weight is 375 g/mol. The van der Waals surface area contributed by atoms with Crippen molar-refractivity contribution in [1.82, 2.24) is 0 Å². The molecule has 0 radical (unpaired) electrons. The molecule has 1 aliphatic rings. The largest absolute Gasteiger partial charge is 0.482 e. The smallest absolute Gasteiger partial charge is 0.344 e. The second kappa shape index (κ2) is 8.23. The van der Waals surface area contributed by atoms with Crippen molar-refractivity contribution in [2.45, 2.75) is 33.6 Å². The highest BCUT2D eigenvalue weighted by molar-refractivity contribution is 7.10. The van der Waals surface area contributed by atoms with E-state index in [1.807, 2.05) is 31.3 Å². The first-order valence-corrected chi connectivity index (χ1v) is 9.82. The minimum Gasteiger partial charge on any atom is -0.482 e. The molecule has 0 unspecified atom stereocenters. The SMILES string of the molecule is Cc1cc(CCc2sccc2C)ccc1OCC(=O)OCC1(C)COC1. The Morgan fingerprint density at radius 1 is 1.19 bits per heavy atom.